The summed E-state index contributed by atoms with van der Waals surface area (Å²) in [6.45, 7) is 4.27. The Bertz CT molecular complexity index is 3450. The number of hydrogen-bond acceptors (Lipinski definition) is 15. The minimum atomic E-state index is -1.86. The van der Waals surface area contributed by atoms with E-state index in [9.17, 15) is 29.4 Å². The van der Waals surface area contributed by atoms with E-state index in [1.807, 2.05) is 53.9 Å². The van der Waals surface area contributed by atoms with E-state index in [-0.39, 0.29) is 56.4 Å². The molecule has 0 radical (unpaired) electrons. The lowest BCUT2D eigenvalue weighted by molar-refractivity contribution is -0.172. The van der Waals surface area contributed by atoms with Crippen LogP contribution in [0, 0.1) is 0 Å². The number of rotatable bonds is 4. The van der Waals surface area contributed by atoms with E-state index < -0.39 is 17.2 Å². The maximum absolute atomic E-state index is 13.6. The van der Waals surface area contributed by atoms with Gasteiger partial charge in [-0.25, -0.2) is 14.8 Å². The van der Waals surface area contributed by atoms with Crippen molar-refractivity contribution in [2.45, 2.75) is 70.4 Å². The number of esters is 1. The van der Waals surface area contributed by atoms with E-state index in [1.54, 1.807) is 52.7 Å². The van der Waals surface area contributed by atoms with E-state index in [1.165, 1.54) is 0 Å². The topological polar surface area (TPSA) is 204 Å². The van der Waals surface area contributed by atoms with Gasteiger partial charge in [-0.05, 0) is 67.1 Å². The number of Topliss-reactive ketones (excluding diaryl/α,β-unsaturated/α-hetero) is 1. The summed E-state index contributed by atoms with van der Waals surface area (Å²) >= 11 is 1.61. The molecule has 1 aliphatic carbocycles. The Labute approximate surface area is 388 Å². The van der Waals surface area contributed by atoms with Crippen molar-refractivity contribution in [3.8, 4) is 67.5 Å². The molecule has 17 heteroatoms. The molecule has 0 saturated carbocycles. The first-order chi connectivity index (χ1) is 33.0. The van der Waals surface area contributed by atoms with Gasteiger partial charge in [0, 0.05) is 73.1 Å². The average molecular weight is 931 g/mol. The quantitative estimate of drug-likeness (QED) is 0.170. The average Bonchev–Trinajstić information content (AvgIpc) is 4.22. The molecule has 0 saturated heterocycles. The van der Waals surface area contributed by atoms with Crippen molar-refractivity contribution in [2.75, 3.05) is 13.6 Å². The van der Waals surface area contributed by atoms with E-state index in [0.717, 1.165) is 43.4 Å². The van der Waals surface area contributed by atoms with Gasteiger partial charge in [0.05, 0.1) is 58.7 Å². The van der Waals surface area contributed by atoms with Crippen molar-refractivity contribution < 1.29 is 47.9 Å². The van der Waals surface area contributed by atoms with Gasteiger partial charge in [-0.3, -0.25) is 14.4 Å². The monoisotopic (exact) mass is 930 g/mol. The number of ether oxygens (including phenoxy) is 5. The van der Waals surface area contributed by atoms with Crippen LogP contribution < -0.4 is 30.1 Å². The van der Waals surface area contributed by atoms with Gasteiger partial charge < -0.3 is 47.4 Å². The molecule has 11 heterocycles. The number of aromatic nitrogens is 4. The summed E-state index contributed by atoms with van der Waals surface area (Å²) in [6, 6.07) is 18.8. The molecular formula is C51H38N4O12S. The molecule has 0 amide bonds. The smallest absolute Gasteiger partial charge is 0.343 e. The molecule has 16 nitrogen and oxygen atoms in total. The van der Waals surface area contributed by atoms with E-state index >= 15 is 0 Å². The van der Waals surface area contributed by atoms with Crippen LogP contribution in [0.25, 0.3) is 66.3 Å². The van der Waals surface area contributed by atoms with Gasteiger partial charge in [-0.15, -0.1) is 11.3 Å². The second-order valence-corrected chi connectivity index (χ2v) is 18.5. The fourth-order valence-electron chi connectivity index (χ4n) is 10.7. The number of benzene rings is 2. The van der Waals surface area contributed by atoms with Gasteiger partial charge in [0.2, 0.25) is 13.6 Å². The summed E-state index contributed by atoms with van der Waals surface area (Å²) in [4.78, 5) is 63.1. The van der Waals surface area contributed by atoms with Crippen molar-refractivity contribution in [1.29, 1.82) is 0 Å². The van der Waals surface area contributed by atoms with Gasteiger partial charge in [-0.2, -0.15) is 0 Å². The normalized spacial score (nSPS) is 19.8. The molecular weight excluding hydrogens is 893 g/mol. The lowest BCUT2D eigenvalue weighted by Crippen LogP contribution is -2.44. The molecule has 6 aliphatic rings. The number of carbonyl (C=O) groups excluding carboxylic acids is 2. The van der Waals surface area contributed by atoms with Crippen LogP contribution in [-0.4, -0.2) is 54.7 Å². The number of carbonyl (C=O) groups is 2. The fourth-order valence-corrected chi connectivity index (χ4v) is 11.5. The molecule has 14 rings (SSSR count). The molecule has 0 spiro atoms. The maximum Gasteiger partial charge on any atom is 0.343 e. The van der Waals surface area contributed by atoms with Gasteiger partial charge in [0.15, 0.2) is 34.4 Å². The number of fused-ring (bicyclic) bond motifs is 12. The van der Waals surface area contributed by atoms with Crippen molar-refractivity contribution >= 4 is 44.9 Å². The van der Waals surface area contributed by atoms with Crippen LogP contribution in [0.2, 0.25) is 0 Å². The van der Waals surface area contributed by atoms with Gasteiger partial charge in [0.25, 0.3) is 11.1 Å². The van der Waals surface area contributed by atoms with Crippen molar-refractivity contribution in [3.63, 3.8) is 0 Å². The number of thiophene rings is 1. The van der Waals surface area contributed by atoms with Gasteiger partial charge >= 0.3 is 5.97 Å². The molecule has 0 bridgehead atoms. The second-order valence-electron chi connectivity index (χ2n) is 17.6. The SMILES string of the molecule is CC[C@@]1(O)C(=O)CCc2c1cc1n(c2=O)Cc2c-1nc1cc3c(cc1c2-c1ccco1)OCO3.CC[C@@]1(O)C(=O)OCc2c1cc1n(c2=O)Cc2c-1nc1cc3c(cc1c2-c1cccs1)OCO3. The highest BCUT2D eigenvalue weighted by atomic mass is 32.1. The standard InChI is InChI=1S/C26H20N2O6.C25H18N2O6S/c1-2-26(31)16-9-18-24-15(11-28(18)25(30)13(16)5-6-22(26)29)23(19-4-3-7-32-19)14-8-20-21(34-12-33-20)10-17(14)27-24;1-2-25(30)15-7-17-22-13(9-27(17)23(28)14(15)10-31-24(25)29)21(20-4-3-5-34-20)12-6-18-19(33-11-32-18)8-16(12)26-22/h3-4,7-10,31H,2,5-6,11-12H2,1H3;3-8,30H,2,9-11H2,1H3/t26-;25-/m00/s1. The summed E-state index contributed by atoms with van der Waals surface area (Å²) in [7, 11) is 0. The molecule has 340 valence electrons. The lowest BCUT2D eigenvalue weighted by atomic mass is 9.77. The number of aliphatic hydroxyl groups is 2. The number of nitrogens with zero attached hydrogens (tertiary/aromatic N) is 4. The molecule has 2 aromatic carbocycles. The molecule has 68 heavy (non-hydrogen) atoms. The first-order valence-corrected chi connectivity index (χ1v) is 23.2. The number of pyridine rings is 4. The third-order valence-corrected chi connectivity index (χ3v) is 15.2. The largest absolute Gasteiger partial charge is 0.464 e. The molecule has 0 unspecified atom stereocenters. The Morgan fingerprint density at radius 1 is 0.647 bits per heavy atom. The van der Waals surface area contributed by atoms with Crippen LogP contribution in [0.3, 0.4) is 0 Å². The van der Waals surface area contributed by atoms with Crippen LogP contribution >= 0.6 is 11.3 Å². The summed E-state index contributed by atoms with van der Waals surface area (Å²) in [6.07, 6.45) is 2.41. The summed E-state index contributed by atoms with van der Waals surface area (Å²) in [5.41, 5.74) is 5.01. The first-order valence-electron chi connectivity index (χ1n) is 22.3. The minimum Gasteiger partial charge on any atom is -0.464 e. The highest BCUT2D eigenvalue weighted by molar-refractivity contribution is 7.13. The molecule has 0 fully saturated rings. The zero-order valence-electron chi connectivity index (χ0n) is 36.5. The van der Waals surface area contributed by atoms with Gasteiger partial charge in [0.1, 0.15) is 18.0 Å². The predicted molar refractivity (Wildman–Crippen MR) is 246 cm³/mol. The second kappa shape index (κ2) is 14.5. The summed E-state index contributed by atoms with van der Waals surface area (Å²) in [5, 5.41) is 26.1. The molecule has 2 N–H and O–H groups in total. The summed E-state index contributed by atoms with van der Waals surface area (Å²) < 4.78 is 36.7. The van der Waals surface area contributed by atoms with Crippen molar-refractivity contribution in [2.24, 2.45) is 0 Å². The number of ketones is 1. The first kappa shape index (κ1) is 40.7. The van der Waals surface area contributed by atoms with Crippen LogP contribution in [-0.2, 0) is 51.6 Å². The van der Waals surface area contributed by atoms with E-state index in [0.29, 0.717) is 98.8 Å². The van der Waals surface area contributed by atoms with Crippen LogP contribution in [0.1, 0.15) is 66.5 Å². The molecule has 6 aromatic heterocycles. The Kier molecular flexibility index (Phi) is 8.64. The predicted octanol–water partition coefficient (Wildman–Crippen LogP) is 7.06. The summed E-state index contributed by atoms with van der Waals surface area (Å²) in [5.74, 6) is 2.21. The Balaban J connectivity index is 0.000000134. The van der Waals surface area contributed by atoms with Crippen molar-refractivity contribution in [1.82, 2.24) is 19.1 Å². The molecule has 2 atom stereocenters. The van der Waals surface area contributed by atoms with Crippen LogP contribution in [0.15, 0.2) is 86.3 Å². The van der Waals surface area contributed by atoms with E-state index in [2.05, 4.69) is 0 Å². The maximum atomic E-state index is 13.6. The number of cyclic esters (lactones) is 1. The molecule has 5 aliphatic heterocycles. The molecule has 8 aromatic rings. The highest BCUT2D eigenvalue weighted by Gasteiger charge is 2.46. The van der Waals surface area contributed by atoms with E-state index in [4.69, 9.17) is 38.1 Å². The third kappa shape index (κ3) is 5.54. The zero-order chi connectivity index (χ0) is 46.4. The van der Waals surface area contributed by atoms with Crippen LogP contribution in [0.5, 0.6) is 23.0 Å². The number of hydrogen-bond donors (Lipinski definition) is 2. The lowest BCUT2D eigenvalue weighted by Gasteiger charge is -2.32. The van der Waals surface area contributed by atoms with Gasteiger partial charge in [-0.1, -0.05) is 19.9 Å². The highest BCUT2D eigenvalue weighted by Crippen LogP contribution is 2.49. The van der Waals surface area contributed by atoms with Crippen LogP contribution in [0.4, 0.5) is 0 Å². The fraction of sp³-hybridized carbons (Fsp3) is 0.255. The minimum absolute atomic E-state index is 0.101. The Morgan fingerprint density at radius 2 is 1.22 bits per heavy atom. The Morgan fingerprint density at radius 3 is 1.79 bits per heavy atom. The number of furan rings is 1. The Hall–Kier alpha value is -7.60. The van der Waals surface area contributed by atoms with Crippen molar-refractivity contribution in [3.05, 3.63) is 126 Å². The third-order valence-electron chi connectivity index (χ3n) is 14.3. The zero-order valence-corrected chi connectivity index (χ0v) is 37.3.